The van der Waals surface area contributed by atoms with Crippen LogP contribution < -0.4 is 5.32 Å². The maximum atomic E-state index is 12.3. The lowest BCUT2D eigenvalue weighted by Gasteiger charge is -2.11. The highest BCUT2D eigenvalue weighted by atomic mass is 32.2. The van der Waals surface area contributed by atoms with Crippen molar-refractivity contribution in [3.8, 4) is 10.6 Å². The summed E-state index contributed by atoms with van der Waals surface area (Å²) < 4.78 is 0. The Labute approximate surface area is 169 Å². The van der Waals surface area contributed by atoms with E-state index in [-0.39, 0.29) is 11.2 Å². The number of hydrogen-bond acceptors (Lipinski definition) is 4. The summed E-state index contributed by atoms with van der Waals surface area (Å²) in [6.45, 7) is 4.71. The molecule has 3 nitrogen and oxygen atoms in total. The zero-order chi connectivity index (χ0) is 19.1. The van der Waals surface area contributed by atoms with Crippen LogP contribution in [0.5, 0.6) is 0 Å². The van der Waals surface area contributed by atoms with Crippen molar-refractivity contribution in [3.63, 3.8) is 0 Å². The third kappa shape index (κ3) is 5.94. The second-order valence-electron chi connectivity index (χ2n) is 6.49. The molecule has 2 aromatic carbocycles. The molecule has 1 amide bonds. The molecule has 0 aliphatic rings. The third-order valence-electron chi connectivity index (χ3n) is 4.26. The lowest BCUT2D eigenvalue weighted by atomic mass is 10.1. The smallest absolute Gasteiger partial charge is 0.232 e. The van der Waals surface area contributed by atoms with Crippen molar-refractivity contribution >= 4 is 29.0 Å². The van der Waals surface area contributed by atoms with E-state index in [1.165, 1.54) is 11.1 Å². The van der Waals surface area contributed by atoms with Gasteiger partial charge in [0.2, 0.25) is 5.91 Å². The molecular weight excluding hydrogens is 372 g/mol. The van der Waals surface area contributed by atoms with Crippen molar-refractivity contribution in [2.45, 2.75) is 31.3 Å². The summed E-state index contributed by atoms with van der Waals surface area (Å²) in [6.07, 6.45) is 0.857. The molecule has 1 atom stereocenters. The van der Waals surface area contributed by atoms with E-state index in [0.29, 0.717) is 6.54 Å². The van der Waals surface area contributed by atoms with Crippen LogP contribution in [-0.2, 0) is 17.0 Å². The van der Waals surface area contributed by atoms with Crippen LogP contribution in [0, 0.1) is 6.92 Å². The number of nitrogens with zero attached hydrogens (tertiary/aromatic N) is 1. The molecule has 0 aliphatic heterocycles. The number of carbonyl (C=O) groups is 1. The Kier molecular flexibility index (Phi) is 7.07. The quantitative estimate of drug-likeness (QED) is 0.576. The van der Waals surface area contributed by atoms with Gasteiger partial charge in [-0.15, -0.1) is 23.1 Å². The third-order valence-corrected chi connectivity index (χ3v) is 6.37. The fraction of sp³-hybridized carbons (Fsp3) is 0.273. The van der Waals surface area contributed by atoms with Gasteiger partial charge in [-0.25, -0.2) is 4.98 Å². The second kappa shape index (κ2) is 9.72. The topological polar surface area (TPSA) is 42.0 Å². The molecule has 1 aromatic heterocycles. The van der Waals surface area contributed by atoms with Crippen molar-refractivity contribution in [1.82, 2.24) is 10.3 Å². The van der Waals surface area contributed by atoms with Crippen LogP contribution >= 0.6 is 23.1 Å². The molecule has 0 bridgehead atoms. The Hall–Kier alpha value is -2.11. The zero-order valence-corrected chi connectivity index (χ0v) is 17.3. The van der Waals surface area contributed by atoms with Crippen molar-refractivity contribution in [2.24, 2.45) is 0 Å². The Morgan fingerprint density at radius 1 is 1.15 bits per heavy atom. The van der Waals surface area contributed by atoms with Crippen LogP contribution in [0.3, 0.4) is 0 Å². The van der Waals surface area contributed by atoms with Gasteiger partial charge >= 0.3 is 0 Å². The molecule has 0 unspecified atom stereocenters. The Morgan fingerprint density at radius 3 is 2.63 bits per heavy atom. The standard InChI is InChI=1S/C22H24N2OS2/c1-16-8-10-19(11-9-16)22-24-20(15-27-22)14-26-17(2)21(25)23-13-12-18-6-4-3-5-7-18/h3-11,15,17H,12-14H2,1-2H3,(H,23,25)/t17-/m0/s1. The van der Waals surface area contributed by atoms with Crippen LogP contribution in [-0.4, -0.2) is 22.7 Å². The van der Waals surface area contributed by atoms with Gasteiger partial charge in [0.25, 0.3) is 0 Å². The number of hydrogen-bond donors (Lipinski definition) is 1. The fourth-order valence-electron chi connectivity index (χ4n) is 2.61. The summed E-state index contributed by atoms with van der Waals surface area (Å²) in [7, 11) is 0. The maximum Gasteiger partial charge on any atom is 0.232 e. The first kappa shape index (κ1) is 19.6. The fourth-order valence-corrected chi connectivity index (χ4v) is 4.34. The average molecular weight is 397 g/mol. The number of amides is 1. The van der Waals surface area contributed by atoms with E-state index in [1.54, 1.807) is 23.1 Å². The number of nitrogens with one attached hydrogen (secondary N) is 1. The van der Waals surface area contributed by atoms with Crippen LogP contribution in [0.25, 0.3) is 10.6 Å². The van der Waals surface area contributed by atoms with Gasteiger partial charge in [-0.05, 0) is 25.8 Å². The summed E-state index contributed by atoms with van der Waals surface area (Å²) in [4.78, 5) is 17.0. The summed E-state index contributed by atoms with van der Waals surface area (Å²) in [5.41, 5.74) is 4.67. The van der Waals surface area contributed by atoms with Crippen LogP contribution in [0.15, 0.2) is 60.0 Å². The minimum atomic E-state index is -0.0923. The molecule has 0 saturated carbocycles. The van der Waals surface area contributed by atoms with Gasteiger partial charge < -0.3 is 5.32 Å². The van der Waals surface area contributed by atoms with Gasteiger partial charge in [0, 0.05) is 23.2 Å². The molecule has 0 aliphatic carbocycles. The van der Waals surface area contributed by atoms with E-state index in [0.717, 1.165) is 28.4 Å². The Morgan fingerprint density at radius 2 is 1.89 bits per heavy atom. The van der Waals surface area contributed by atoms with Crippen molar-refractivity contribution in [2.75, 3.05) is 6.54 Å². The number of aromatic nitrogens is 1. The molecule has 1 N–H and O–H groups in total. The second-order valence-corrected chi connectivity index (χ2v) is 8.68. The highest BCUT2D eigenvalue weighted by Gasteiger charge is 2.14. The molecule has 0 fully saturated rings. The molecule has 0 spiro atoms. The number of aryl methyl sites for hydroxylation is 1. The minimum Gasteiger partial charge on any atom is -0.355 e. The predicted octanol–water partition coefficient (Wildman–Crippen LogP) is 5.10. The number of thiazole rings is 1. The first-order valence-electron chi connectivity index (χ1n) is 9.06. The number of thioether (sulfide) groups is 1. The SMILES string of the molecule is Cc1ccc(-c2nc(CS[C@@H](C)C(=O)NCCc3ccccc3)cs2)cc1. The summed E-state index contributed by atoms with van der Waals surface area (Å²) in [6, 6.07) is 18.6. The van der Waals surface area contributed by atoms with Crippen molar-refractivity contribution in [1.29, 1.82) is 0 Å². The molecule has 27 heavy (non-hydrogen) atoms. The first-order valence-corrected chi connectivity index (χ1v) is 11.0. The van der Waals surface area contributed by atoms with Gasteiger partial charge in [0.05, 0.1) is 10.9 Å². The minimum absolute atomic E-state index is 0.0879. The van der Waals surface area contributed by atoms with Crippen LogP contribution in [0.1, 0.15) is 23.7 Å². The van der Waals surface area contributed by atoms with E-state index < -0.39 is 0 Å². The van der Waals surface area contributed by atoms with E-state index in [2.05, 4.69) is 54.0 Å². The molecular formula is C22H24N2OS2. The van der Waals surface area contributed by atoms with E-state index in [4.69, 9.17) is 4.98 Å². The van der Waals surface area contributed by atoms with E-state index in [9.17, 15) is 4.79 Å². The Bertz CT molecular complexity index is 860. The van der Waals surface area contributed by atoms with Crippen LogP contribution in [0.2, 0.25) is 0 Å². The molecule has 3 aromatic rings. The molecule has 140 valence electrons. The highest BCUT2D eigenvalue weighted by molar-refractivity contribution is 7.99. The zero-order valence-electron chi connectivity index (χ0n) is 15.6. The monoisotopic (exact) mass is 396 g/mol. The highest BCUT2D eigenvalue weighted by Crippen LogP contribution is 2.26. The molecule has 0 saturated heterocycles. The van der Waals surface area contributed by atoms with Gasteiger partial charge in [-0.2, -0.15) is 0 Å². The maximum absolute atomic E-state index is 12.3. The Balaban J connectivity index is 1.44. The summed E-state index contributed by atoms with van der Waals surface area (Å²) in [5.74, 6) is 0.834. The number of rotatable bonds is 8. The lowest BCUT2D eigenvalue weighted by Crippen LogP contribution is -2.32. The van der Waals surface area contributed by atoms with Crippen LogP contribution in [0.4, 0.5) is 0 Å². The van der Waals surface area contributed by atoms with Crippen molar-refractivity contribution in [3.05, 3.63) is 76.8 Å². The average Bonchev–Trinajstić information content (AvgIpc) is 3.16. The molecule has 1 heterocycles. The van der Waals surface area contributed by atoms with E-state index in [1.807, 2.05) is 25.1 Å². The molecule has 5 heteroatoms. The van der Waals surface area contributed by atoms with Gasteiger partial charge in [0.1, 0.15) is 5.01 Å². The molecule has 0 radical (unpaired) electrons. The number of benzene rings is 2. The first-order chi connectivity index (χ1) is 13.1. The van der Waals surface area contributed by atoms with Gasteiger partial charge in [-0.3, -0.25) is 4.79 Å². The lowest BCUT2D eigenvalue weighted by molar-refractivity contribution is -0.120. The summed E-state index contributed by atoms with van der Waals surface area (Å²) in [5, 5.41) is 6.05. The normalized spacial score (nSPS) is 11.9. The van der Waals surface area contributed by atoms with Gasteiger partial charge in [0.15, 0.2) is 0 Å². The largest absolute Gasteiger partial charge is 0.355 e. The predicted molar refractivity (Wildman–Crippen MR) is 116 cm³/mol. The number of carbonyl (C=O) groups excluding carboxylic acids is 1. The molecule has 3 rings (SSSR count). The summed E-state index contributed by atoms with van der Waals surface area (Å²) >= 11 is 3.28. The van der Waals surface area contributed by atoms with Gasteiger partial charge in [-0.1, -0.05) is 60.2 Å². The van der Waals surface area contributed by atoms with E-state index >= 15 is 0 Å². The van der Waals surface area contributed by atoms with Crippen molar-refractivity contribution < 1.29 is 4.79 Å².